The number of H-pyrrole nitrogens is 1. The van der Waals surface area contributed by atoms with Crippen molar-refractivity contribution in [2.24, 2.45) is 0 Å². The van der Waals surface area contributed by atoms with Crippen molar-refractivity contribution in [3.8, 4) is 16.9 Å². The van der Waals surface area contributed by atoms with Gasteiger partial charge in [-0.1, -0.05) is 18.2 Å². The summed E-state index contributed by atoms with van der Waals surface area (Å²) < 4.78 is 6.30. The molecular formula is C31H32N4O3. The van der Waals surface area contributed by atoms with Crippen LogP contribution in [0.5, 0.6) is 5.75 Å². The van der Waals surface area contributed by atoms with E-state index in [2.05, 4.69) is 35.4 Å². The number of aromatic nitrogens is 1. The van der Waals surface area contributed by atoms with E-state index in [0.717, 1.165) is 52.8 Å². The molecular weight excluding hydrogens is 476 g/mol. The Bertz CT molecular complexity index is 1490. The van der Waals surface area contributed by atoms with Crippen LogP contribution in [0.1, 0.15) is 36.5 Å². The van der Waals surface area contributed by atoms with Gasteiger partial charge in [0, 0.05) is 48.4 Å². The molecule has 1 atom stereocenters. The van der Waals surface area contributed by atoms with Gasteiger partial charge in [-0.05, 0) is 79.2 Å². The van der Waals surface area contributed by atoms with Crippen LogP contribution in [0.15, 0.2) is 72.9 Å². The van der Waals surface area contributed by atoms with Gasteiger partial charge in [0.2, 0.25) is 5.91 Å². The molecule has 3 heterocycles. The van der Waals surface area contributed by atoms with Crippen LogP contribution in [0.25, 0.3) is 22.0 Å². The van der Waals surface area contributed by atoms with Crippen molar-refractivity contribution >= 4 is 34.1 Å². The Balaban J connectivity index is 1.33. The largest absolute Gasteiger partial charge is 0.491 e. The van der Waals surface area contributed by atoms with Crippen LogP contribution in [0.2, 0.25) is 0 Å². The number of amides is 2. The van der Waals surface area contributed by atoms with Crippen molar-refractivity contribution in [3.05, 3.63) is 78.5 Å². The minimum Gasteiger partial charge on any atom is -0.491 e. The highest BCUT2D eigenvalue weighted by molar-refractivity contribution is 6.08. The van der Waals surface area contributed by atoms with Gasteiger partial charge in [0.25, 0.3) is 5.91 Å². The smallest absolute Gasteiger partial charge is 0.258 e. The van der Waals surface area contributed by atoms with Gasteiger partial charge in [0.05, 0.1) is 17.9 Å². The third-order valence-corrected chi connectivity index (χ3v) is 7.51. The maximum Gasteiger partial charge on any atom is 0.258 e. The molecule has 194 valence electrons. The number of fused-ring (bicyclic) bond motifs is 2. The van der Waals surface area contributed by atoms with Crippen molar-refractivity contribution in [2.75, 3.05) is 36.5 Å². The normalized spacial score (nSPS) is 17.3. The van der Waals surface area contributed by atoms with Crippen LogP contribution >= 0.6 is 0 Å². The number of rotatable bonds is 6. The average Bonchev–Trinajstić information content (AvgIpc) is 3.53. The molecule has 3 aromatic carbocycles. The number of hydrogen-bond donors (Lipinski definition) is 2. The number of nitrogens with one attached hydrogen (secondary N) is 2. The number of carbonyl (C=O) groups excluding carboxylic acids is 2. The summed E-state index contributed by atoms with van der Waals surface area (Å²) in [5.41, 5.74) is 5.43. The highest BCUT2D eigenvalue weighted by atomic mass is 16.5. The van der Waals surface area contributed by atoms with Crippen molar-refractivity contribution in [1.29, 1.82) is 0 Å². The second-order valence-electron chi connectivity index (χ2n) is 10.1. The van der Waals surface area contributed by atoms with Crippen LogP contribution in [0, 0.1) is 0 Å². The number of para-hydroxylation sites is 2. The first-order chi connectivity index (χ1) is 18.6. The second-order valence-corrected chi connectivity index (χ2v) is 10.1. The number of aromatic amines is 1. The van der Waals surface area contributed by atoms with E-state index in [4.69, 9.17) is 4.74 Å². The molecule has 6 rings (SSSR count). The zero-order valence-corrected chi connectivity index (χ0v) is 21.6. The summed E-state index contributed by atoms with van der Waals surface area (Å²) in [6, 6.07) is 22.2. The molecule has 0 aliphatic carbocycles. The highest BCUT2D eigenvalue weighted by Gasteiger charge is 2.25. The van der Waals surface area contributed by atoms with E-state index in [9.17, 15) is 9.59 Å². The molecule has 0 bridgehead atoms. The molecule has 1 unspecified atom stereocenters. The van der Waals surface area contributed by atoms with Crippen LogP contribution < -0.4 is 15.0 Å². The number of benzene rings is 3. The van der Waals surface area contributed by atoms with Crippen LogP contribution in [0.3, 0.4) is 0 Å². The lowest BCUT2D eigenvalue weighted by atomic mass is 10.0. The minimum atomic E-state index is -0.0550. The summed E-state index contributed by atoms with van der Waals surface area (Å²) in [6.07, 6.45) is 4.28. The Kier molecular flexibility index (Phi) is 6.50. The molecule has 2 N–H and O–H groups in total. The maximum atomic E-state index is 13.9. The van der Waals surface area contributed by atoms with Gasteiger partial charge in [-0.25, -0.2) is 0 Å². The number of anilines is 2. The predicted molar refractivity (Wildman–Crippen MR) is 151 cm³/mol. The number of carbonyl (C=O) groups is 2. The lowest BCUT2D eigenvalue weighted by molar-refractivity contribution is -0.128. The molecule has 2 amide bonds. The Morgan fingerprint density at radius 3 is 2.82 bits per heavy atom. The number of nitrogens with zero attached hydrogens (tertiary/aromatic N) is 2. The van der Waals surface area contributed by atoms with E-state index >= 15 is 0 Å². The van der Waals surface area contributed by atoms with Crippen LogP contribution in [-0.4, -0.2) is 54.0 Å². The molecule has 2 aliphatic heterocycles. The Morgan fingerprint density at radius 2 is 1.95 bits per heavy atom. The van der Waals surface area contributed by atoms with E-state index in [0.29, 0.717) is 37.4 Å². The molecule has 0 saturated carbocycles. The summed E-state index contributed by atoms with van der Waals surface area (Å²) >= 11 is 0. The summed E-state index contributed by atoms with van der Waals surface area (Å²) in [4.78, 5) is 32.9. The van der Waals surface area contributed by atoms with Crippen LogP contribution in [-0.2, 0) is 4.79 Å². The van der Waals surface area contributed by atoms with Gasteiger partial charge in [0.15, 0.2) is 0 Å². The first-order valence-corrected chi connectivity index (χ1v) is 13.4. The zero-order valence-electron chi connectivity index (χ0n) is 21.6. The average molecular weight is 509 g/mol. The Hall–Kier alpha value is -4.26. The van der Waals surface area contributed by atoms with Crippen molar-refractivity contribution in [2.45, 2.75) is 32.2 Å². The van der Waals surface area contributed by atoms with E-state index in [1.807, 2.05) is 64.5 Å². The third kappa shape index (κ3) is 4.72. The Morgan fingerprint density at radius 1 is 1.05 bits per heavy atom. The van der Waals surface area contributed by atoms with Gasteiger partial charge in [0.1, 0.15) is 12.4 Å². The molecule has 1 saturated heterocycles. The SMILES string of the molecule is CC1CCN(C(=O)c2ccc(-c3ccc4[nH]ccc4c3)c(OCCN3CCCC3=O)c2)c2ccccc2N1. The fourth-order valence-corrected chi connectivity index (χ4v) is 5.42. The second kappa shape index (κ2) is 10.2. The van der Waals surface area contributed by atoms with Crippen molar-refractivity contribution < 1.29 is 14.3 Å². The first kappa shape index (κ1) is 24.1. The number of hydrogen-bond acceptors (Lipinski definition) is 4. The molecule has 1 fully saturated rings. The lowest BCUT2D eigenvalue weighted by Crippen LogP contribution is -2.32. The lowest BCUT2D eigenvalue weighted by Gasteiger charge is -2.23. The quantitative estimate of drug-likeness (QED) is 0.351. The van der Waals surface area contributed by atoms with E-state index in [-0.39, 0.29) is 17.9 Å². The monoisotopic (exact) mass is 508 g/mol. The maximum absolute atomic E-state index is 13.9. The fraction of sp³-hybridized carbons (Fsp3) is 0.290. The van der Waals surface area contributed by atoms with E-state index in [1.165, 1.54) is 0 Å². The fourth-order valence-electron chi connectivity index (χ4n) is 5.42. The van der Waals surface area contributed by atoms with Crippen molar-refractivity contribution in [1.82, 2.24) is 9.88 Å². The van der Waals surface area contributed by atoms with Crippen LogP contribution in [0.4, 0.5) is 11.4 Å². The van der Waals surface area contributed by atoms with E-state index < -0.39 is 0 Å². The highest BCUT2D eigenvalue weighted by Crippen LogP contribution is 2.35. The summed E-state index contributed by atoms with van der Waals surface area (Å²) in [5.74, 6) is 0.769. The molecule has 1 aromatic heterocycles. The van der Waals surface area contributed by atoms with Gasteiger partial charge >= 0.3 is 0 Å². The first-order valence-electron chi connectivity index (χ1n) is 13.4. The molecule has 2 aliphatic rings. The third-order valence-electron chi connectivity index (χ3n) is 7.51. The predicted octanol–water partition coefficient (Wildman–Crippen LogP) is 5.69. The molecule has 4 aromatic rings. The van der Waals surface area contributed by atoms with Gasteiger partial charge in [-0.2, -0.15) is 0 Å². The van der Waals surface area contributed by atoms with Crippen molar-refractivity contribution in [3.63, 3.8) is 0 Å². The molecule has 38 heavy (non-hydrogen) atoms. The summed E-state index contributed by atoms with van der Waals surface area (Å²) in [5, 5.41) is 4.63. The summed E-state index contributed by atoms with van der Waals surface area (Å²) in [7, 11) is 0. The molecule has 7 nitrogen and oxygen atoms in total. The molecule has 0 radical (unpaired) electrons. The topological polar surface area (TPSA) is 77.7 Å². The standard InChI is InChI=1S/C31H32N4O3/c1-21-13-16-35(28-6-3-2-5-27(28)33-21)31(37)24-8-10-25(22-9-11-26-23(19-22)12-14-32-26)29(20-24)38-18-17-34-15-4-7-30(34)36/h2-3,5-6,8-12,14,19-21,32-33H,4,7,13,15-18H2,1H3. The summed E-state index contributed by atoms with van der Waals surface area (Å²) in [6.45, 7) is 4.45. The van der Waals surface area contributed by atoms with Gasteiger partial charge in [-0.3, -0.25) is 9.59 Å². The molecule has 7 heteroatoms. The number of likely N-dealkylation sites (tertiary alicyclic amines) is 1. The zero-order chi connectivity index (χ0) is 26.1. The van der Waals surface area contributed by atoms with E-state index in [1.54, 1.807) is 0 Å². The number of ether oxygens (including phenoxy) is 1. The minimum absolute atomic E-state index is 0.0550. The Labute approximate surface area is 222 Å². The molecule has 0 spiro atoms. The van der Waals surface area contributed by atoms with Gasteiger partial charge in [-0.15, -0.1) is 0 Å². The van der Waals surface area contributed by atoms with Gasteiger partial charge < -0.3 is 24.8 Å².